The quantitative estimate of drug-likeness (QED) is 0.517. The lowest BCUT2D eigenvalue weighted by atomic mass is 9.68. The lowest BCUT2D eigenvalue weighted by Gasteiger charge is -2.45. The summed E-state index contributed by atoms with van der Waals surface area (Å²) >= 11 is 0. The zero-order chi connectivity index (χ0) is 17.6. The summed E-state index contributed by atoms with van der Waals surface area (Å²) in [6.45, 7) is 14.3. The van der Waals surface area contributed by atoms with Gasteiger partial charge in [-0.3, -0.25) is 0 Å². The van der Waals surface area contributed by atoms with Gasteiger partial charge in [0.1, 0.15) is 5.75 Å². The molecule has 0 saturated carbocycles. The molecule has 1 aromatic carbocycles. The van der Waals surface area contributed by atoms with E-state index in [-0.39, 0.29) is 5.41 Å². The molecule has 1 aliphatic rings. The number of allylic oxidation sites excluding steroid dienone is 1. The minimum atomic E-state index is 0.157. The molecule has 1 fully saturated rings. The number of rotatable bonds is 8. The summed E-state index contributed by atoms with van der Waals surface area (Å²) < 4.78 is 0. The van der Waals surface area contributed by atoms with E-state index in [2.05, 4.69) is 44.4 Å². The largest absolute Gasteiger partial charge is 0.508 e. The maximum atomic E-state index is 10.3. The van der Waals surface area contributed by atoms with Gasteiger partial charge in [0, 0.05) is 6.54 Å². The Hall–Kier alpha value is -1.28. The molecule has 1 saturated heterocycles. The van der Waals surface area contributed by atoms with Gasteiger partial charge in [-0.1, -0.05) is 58.2 Å². The van der Waals surface area contributed by atoms with Crippen molar-refractivity contribution >= 4 is 0 Å². The fourth-order valence-corrected chi connectivity index (χ4v) is 3.96. The average molecular weight is 330 g/mol. The molecule has 1 aliphatic heterocycles. The van der Waals surface area contributed by atoms with Crippen LogP contribution in [0.5, 0.6) is 5.75 Å². The number of phenolic OH excluding ortho intramolecular Hbond substituents is 1. The van der Waals surface area contributed by atoms with Gasteiger partial charge in [-0.15, -0.1) is 6.58 Å². The predicted octanol–water partition coefficient (Wildman–Crippen LogP) is 5.30. The summed E-state index contributed by atoms with van der Waals surface area (Å²) in [6.07, 6.45) is 9.09. The number of hydrogen-bond donors (Lipinski definition) is 1. The molecule has 2 rings (SSSR count). The molecular weight excluding hydrogens is 294 g/mol. The Labute approximate surface area is 148 Å². The summed E-state index contributed by atoms with van der Waals surface area (Å²) in [7, 11) is 0. The van der Waals surface area contributed by atoms with Gasteiger partial charge in [0.2, 0.25) is 0 Å². The molecule has 24 heavy (non-hydrogen) atoms. The molecule has 1 heterocycles. The van der Waals surface area contributed by atoms with Crippen LogP contribution in [-0.2, 0) is 11.8 Å². The normalized spacial score (nSPS) is 24.9. The molecule has 2 atom stereocenters. The Morgan fingerprint density at radius 2 is 2.12 bits per heavy atom. The first kappa shape index (κ1) is 19.1. The van der Waals surface area contributed by atoms with Crippen molar-refractivity contribution < 1.29 is 5.11 Å². The molecule has 0 amide bonds. The Bertz CT molecular complexity index is 539. The van der Waals surface area contributed by atoms with Gasteiger partial charge in [0.25, 0.3) is 0 Å². The molecular formula is C22H35NO. The first-order valence-electron chi connectivity index (χ1n) is 9.67. The molecule has 0 radical (unpaired) electrons. The van der Waals surface area contributed by atoms with Gasteiger partial charge >= 0.3 is 0 Å². The maximum absolute atomic E-state index is 10.3. The lowest BCUT2D eigenvalue weighted by molar-refractivity contribution is 0.109. The van der Waals surface area contributed by atoms with Crippen molar-refractivity contribution in [2.24, 2.45) is 5.92 Å². The fourth-order valence-electron chi connectivity index (χ4n) is 3.96. The molecule has 0 bridgehead atoms. The Kier molecular flexibility index (Phi) is 6.91. The predicted molar refractivity (Wildman–Crippen MR) is 104 cm³/mol. The van der Waals surface area contributed by atoms with Crippen molar-refractivity contribution in [2.75, 3.05) is 19.6 Å². The number of hydrogen-bond acceptors (Lipinski definition) is 2. The number of phenols is 1. The molecule has 0 aliphatic carbocycles. The van der Waals surface area contributed by atoms with Crippen molar-refractivity contribution in [3.8, 4) is 5.75 Å². The highest BCUT2D eigenvalue weighted by Crippen LogP contribution is 2.41. The van der Waals surface area contributed by atoms with Crippen LogP contribution in [0.4, 0.5) is 0 Å². The van der Waals surface area contributed by atoms with E-state index in [1.807, 2.05) is 12.1 Å². The second-order valence-electron chi connectivity index (χ2n) is 7.77. The minimum Gasteiger partial charge on any atom is -0.508 e. The van der Waals surface area contributed by atoms with Crippen LogP contribution >= 0.6 is 0 Å². The number of likely N-dealkylation sites (tertiary alicyclic amines) is 1. The second-order valence-corrected chi connectivity index (χ2v) is 7.77. The van der Waals surface area contributed by atoms with Crippen molar-refractivity contribution in [3.05, 3.63) is 42.0 Å². The summed E-state index contributed by atoms with van der Waals surface area (Å²) in [5.74, 6) is 1.02. The first-order chi connectivity index (χ1) is 11.5. The average Bonchev–Trinajstić information content (AvgIpc) is 2.57. The van der Waals surface area contributed by atoms with Gasteiger partial charge in [-0.2, -0.15) is 0 Å². The third kappa shape index (κ3) is 4.42. The van der Waals surface area contributed by atoms with E-state index < -0.39 is 0 Å². The van der Waals surface area contributed by atoms with E-state index in [0.717, 1.165) is 18.5 Å². The van der Waals surface area contributed by atoms with E-state index in [9.17, 15) is 5.11 Å². The van der Waals surface area contributed by atoms with E-state index in [1.165, 1.54) is 50.8 Å². The van der Waals surface area contributed by atoms with Crippen LogP contribution in [0.2, 0.25) is 0 Å². The number of aromatic hydroxyl groups is 1. The zero-order valence-electron chi connectivity index (χ0n) is 15.9. The minimum absolute atomic E-state index is 0.157. The van der Waals surface area contributed by atoms with E-state index >= 15 is 0 Å². The van der Waals surface area contributed by atoms with Crippen LogP contribution in [0.1, 0.15) is 64.0 Å². The van der Waals surface area contributed by atoms with Crippen LogP contribution in [0, 0.1) is 5.92 Å². The smallest absolute Gasteiger partial charge is 0.119 e. The van der Waals surface area contributed by atoms with Crippen LogP contribution in [-0.4, -0.2) is 29.6 Å². The zero-order valence-corrected chi connectivity index (χ0v) is 15.9. The molecule has 2 nitrogen and oxygen atoms in total. The highest BCUT2D eigenvalue weighted by Gasteiger charge is 2.38. The number of benzene rings is 1. The number of unbranched alkanes of at least 4 members (excludes halogenated alkanes) is 3. The fraction of sp³-hybridized carbons (Fsp3) is 0.636. The summed E-state index contributed by atoms with van der Waals surface area (Å²) in [4.78, 5) is 2.63. The standard InChI is InChI=1S/C22H35NO/c1-5-7-8-9-14-23-15-13-22(4,18(3)17-23)20-12-11-19(10-6-2)21(24)16-20/h6,11-12,16,18,24H,2,5,7-10,13-15,17H2,1,3-4H3. The van der Waals surface area contributed by atoms with E-state index in [1.54, 1.807) is 0 Å². The van der Waals surface area contributed by atoms with Gasteiger partial charge in [0.15, 0.2) is 0 Å². The van der Waals surface area contributed by atoms with Crippen molar-refractivity contribution in [2.45, 2.75) is 64.7 Å². The molecule has 0 spiro atoms. The SMILES string of the molecule is C=CCc1ccc(C2(C)CCN(CCCCCC)CC2C)cc1O. The maximum Gasteiger partial charge on any atom is 0.119 e. The second kappa shape index (κ2) is 8.71. The highest BCUT2D eigenvalue weighted by atomic mass is 16.3. The molecule has 2 heteroatoms. The Balaban J connectivity index is 2.01. The lowest BCUT2D eigenvalue weighted by Crippen LogP contribution is -2.47. The molecule has 134 valence electrons. The molecule has 1 N–H and O–H groups in total. The number of piperidine rings is 1. The summed E-state index contributed by atoms with van der Waals surface area (Å²) in [5, 5.41) is 10.3. The van der Waals surface area contributed by atoms with Crippen LogP contribution < -0.4 is 0 Å². The Morgan fingerprint density at radius 1 is 1.33 bits per heavy atom. The van der Waals surface area contributed by atoms with Crippen molar-refractivity contribution in [1.82, 2.24) is 4.90 Å². The molecule has 1 aromatic rings. The molecule has 0 aromatic heterocycles. The third-order valence-electron chi connectivity index (χ3n) is 6.00. The Morgan fingerprint density at radius 3 is 2.75 bits per heavy atom. The van der Waals surface area contributed by atoms with Crippen molar-refractivity contribution in [3.63, 3.8) is 0 Å². The number of nitrogens with zero attached hydrogens (tertiary/aromatic N) is 1. The molecule has 2 unspecified atom stereocenters. The van der Waals surface area contributed by atoms with Gasteiger partial charge < -0.3 is 10.0 Å². The van der Waals surface area contributed by atoms with Crippen LogP contribution in [0.25, 0.3) is 0 Å². The van der Waals surface area contributed by atoms with Gasteiger partial charge in [-0.05, 0) is 60.9 Å². The third-order valence-corrected chi connectivity index (χ3v) is 6.00. The first-order valence-corrected chi connectivity index (χ1v) is 9.67. The van der Waals surface area contributed by atoms with Gasteiger partial charge in [-0.25, -0.2) is 0 Å². The topological polar surface area (TPSA) is 23.5 Å². The van der Waals surface area contributed by atoms with E-state index in [4.69, 9.17) is 0 Å². The highest BCUT2D eigenvalue weighted by molar-refractivity contribution is 5.41. The van der Waals surface area contributed by atoms with Crippen LogP contribution in [0.15, 0.2) is 30.9 Å². The van der Waals surface area contributed by atoms with Gasteiger partial charge in [0.05, 0.1) is 0 Å². The van der Waals surface area contributed by atoms with Crippen molar-refractivity contribution in [1.29, 1.82) is 0 Å². The monoisotopic (exact) mass is 329 g/mol. The van der Waals surface area contributed by atoms with Crippen LogP contribution in [0.3, 0.4) is 0 Å². The summed E-state index contributed by atoms with van der Waals surface area (Å²) in [6, 6.07) is 6.28. The summed E-state index contributed by atoms with van der Waals surface area (Å²) in [5.41, 5.74) is 2.41. The van der Waals surface area contributed by atoms with E-state index in [0.29, 0.717) is 11.7 Å².